The first kappa shape index (κ1) is 28.2. The summed E-state index contributed by atoms with van der Waals surface area (Å²) in [5.74, 6) is 1.35. The largest absolute Gasteiger partial charge is 0.744 e. The second-order valence-electron chi connectivity index (χ2n) is 8.76. The van der Waals surface area contributed by atoms with Gasteiger partial charge >= 0.3 is 5.97 Å². The molecule has 0 aromatic heterocycles. The molecule has 1 aliphatic heterocycles. The highest BCUT2D eigenvalue weighted by Crippen LogP contribution is 2.35. The molecule has 3 aromatic carbocycles. The van der Waals surface area contributed by atoms with Crippen LogP contribution in [0.4, 0.5) is 0 Å². The molecule has 0 saturated carbocycles. The lowest BCUT2D eigenvalue weighted by molar-refractivity contribution is -0.915. The highest BCUT2D eigenvalue weighted by Gasteiger charge is 2.30. The molecule has 0 bridgehead atoms. The molecule has 1 aliphatic rings. The zero-order valence-corrected chi connectivity index (χ0v) is 22.1. The van der Waals surface area contributed by atoms with Gasteiger partial charge in [-0.05, 0) is 35.4 Å². The van der Waals surface area contributed by atoms with Gasteiger partial charge in [-0.25, -0.2) is 8.42 Å². The SMILES string of the molecule is COc1cc2c(cc1OC)C(CCC(=O)OCc1ccccc1)[NH+](C)CC2.O=S(=O)([O-])c1ccccc1. The number of carbonyl (C=O) groups is 1. The zero-order valence-electron chi connectivity index (χ0n) is 21.3. The van der Waals surface area contributed by atoms with Gasteiger partial charge in [0.25, 0.3) is 0 Å². The van der Waals surface area contributed by atoms with E-state index in [0.717, 1.165) is 36.4 Å². The van der Waals surface area contributed by atoms with Crippen molar-refractivity contribution in [3.05, 3.63) is 89.5 Å². The average molecular weight is 528 g/mol. The molecule has 1 N–H and O–H groups in total. The molecule has 0 aliphatic carbocycles. The molecule has 0 amide bonds. The minimum atomic E-state index is -4.25. The van der Waals surface area contributed by atoms with E-state index >= 15 is 0 Å². The van der Waals surface area contributed by atoms with Crippen LogP contribution >= 0.6 is 0 Å². The molecule has 0 radical (unpaired) electrons. The van der Waals surface area contributed by atoms with Crippen LogP contribution in [-0.4, -0.2) is 46.8 Å². The minimum Gasteiger partial charge on any atom is -0.744 e. The van der Waals surface area contributed by atoms with Crippen LogP contribution in [0.25, 0.3) is 0 Å². The molecule has 4 rings (SSSR count). The van der Waals surface area contributed by atoms with E-state index in [1.807, 2.05) is 30.3 Å². The van der Waals surface area contributed by atoms with Crippen molar-refractivity contribution in [1.82, 2.24) is 0 Å². The second-order valence-corrected chi connectivity index (χ2v) is 10.1. The van der Waals surface area contributed by atoms with Crippen molar-refractivity contribution in [3.63, 3.8) is 0 Å². The Kier molecular flexibility index (Phi) is 10.1. The number of rotatable bonds is 8. The van der Waals surface area contributed by atoms with Crippen LogP contribution in [0.1, 0.15) is 35.6 Å². The Hall–Kier alpha value is -3.40. The van der Waals surface area contributed by atoms with Crippen LogP contribution in [0.3, 0.4) is 0 Å². The lowest BCUT2D eigenvalue weighted by atomic mass is 9.89. The molecule has 2 atom stereocenters. The summed E-state index contributed by atoms with van der Waals surface area (Å²) in [7, 11) is 1.24. The minimum absolute atomic E-state index is 0.153. The van der Waals surface area contributed by atoms with E-state index in [9.17, 15) is 17.8 Å². The van der Waals surface area contributed by atoms with Crippen LogP contribution in [0.15, 0.2) is 77.7 Å². The Morgan fingerprint density at radius 2 is 1.57 bits per heavy atom. The first-order chi connectivity index (χ1) is 17.7. The lowest BCUT2D eigenvalue weighted by Gasteiger charge is -2.32. The van der Waals surface area contributed by atoms with Gasteiger partial charge in [-0.15, -0.1) is 0 Å². The quantitative estimate of drug-likeness (QED) is 0.355. The molecule has 3 aromatic rings. The monoisotopic (exact) mass is 527 g/mol. The highest BCUT2D eigenvalue weighted by molar-refractivity contribution is 7.85. The number of quaternary nitrogens is 1. The van der Waals surface area contributed by atoms with Gasteiger partial charge in [-0.1, -0.05) is 48.5 Å². The smallest absolute Gasteiger partial charge is 0.306 e. The van der Waals surface area contributed by atoms with Crippen molar-refractivity contribution >= 4 is 16.1 Å². The average Bonchev–Trinajstić information content (AvgIpc) is 2.91. The molecule has 9 heteroatoms. The number of benzene rings is 3. The predicted octanol–water partition coefficient (Wildman–Crippen LogP) is 2.93. The standard InChI is InChI=1S/C22H27NO4.C6H6O3S/c1-23-12-11-17-13-20(25-2)21(26-3)14-18(17)19(23)9-10-22(24)27-15-16-7-5-4-6-8-16;7-10(8,9)6-4-2-1-3-5-6/h4-8,13-14,19H,9-12,15H2,1-3H3;1-5H,(H,7,8,9). The van der Waals surface area contributed by atoms with E-state index in [0.29, 0.717) is 13.0 Å². The Balaban J connectivity index is 0.000000319. The van der Waals surface area contributed by atoms with Gasteiger partial charge in [0, 0.05) is 18.4 Å². The first-order valence-corrected chi connectivity index (χ1v) is 13.4. The van der Waals surface area contributed by atoms with Gasteiger partial charge in [0.2, 0.25) is 0 Å². The summed E-state index contributed by atoms with van der Waals surface area (Å²) in [6.45, 7) is 1.36. The summed E-state index contributed by atoms with van der Waals surface area (Å²) in [5, 5.41) is 0. The maximum absolute atomic E-state index is 12.2. The Morgan fingerprint density at radius 3 is 2.14 bits per heavy atom. The van der Waals surface area contributed by atoms with Gasteiger partial charge in [0.15, 0.2) is 11.5 Å². The molecule has 2 unspecified atom stereocenters. The number of hydrogen-bond acceptors (Lipinski definition) is 7. The normalized spacial score (nSPS) is 16.5. The molecule has 37 heavy (non-hydrogen) atoms. The van der Waals surface area contributed by atoms with Crippen LogP contribution < -0.4 is 14.4 Å². The summed E-state index contributed by atoms with van der Waals surface area (Å²) in [5.41, 5.74) is 3.53. The Bertz CT molecular complexity index is 1260. The zero-order chi connectivity index (χ0) is 26.8. The van der Waals surface area contributed by atoms with Gasteiger partial charge in [-0.3, -0.25) is 4.79 Å². The van der Waals surface area contributed by atoms with E-state index < -0.39 is 10.1 Å². The van der Waals surface area contributed by atoms with E-state index in [-0.39, 0.29) is 16.9 Å². The molecule has 0 saturated heterocycles. The number of fused-ring (bicyclic) bond motifs is 1. The van der Waals surface area contributed by atoms with Crippen molar-refractivity contribution in [2.45, 2.75) is 36.8 Å². The van der Waals surface area contributed by atoms with E-state index in [2.05, 4.69) is 19.2 Å². The van der Waals surface area contributed by atoms with E-state index in [1.165, 1.54) is 40.3 Å². The number of hydrogen-bond donors (Lipinski definition) is 1. The van der Waals surface area contributed by atoms with Crippen LogP contribution in [0.5, 0.6) is 11.5 Å². The first-order valence-electron chi connectivity index (χ1n) is 12.0. The molecule has 0 spiro atoms. The van der Waals surface area contributed by atoms with Gasteiger partial charge in [0.05, 0.1) is 39.1 Å². The third kappa shape index (κ3) is 8.04. The number of nitrogens with one attached hydrogen (secondary N) is 1. The Labute approximate surface area is 218 Å². The van der Waals surface area contributed by atoms with Crippen molar-refractivity contribution in [2.24, 2.45) is 0 Å². The highest BCUT2D eigenvalue weighted by atomic mass is 32.2. The topological polar surface area (TPSA) is 106 Å². The number of ether oxygens (including phenoxy) is 3. The van der Waals surface area contributed by atoms with E-state index in [4.69, 9.17) is 14.2 Å². The summed E-state index contributed by atoms with van der Waals surface area (Å²) in [6, 6.07) is 21.3. The summed E-state index contributed by atoms with van der Waals surface area (Å²) in [6.07, 6.45) is 2.15. The van der Waals surface area contributed by atoms with Crippen LogP contribution in [0.2, 0.25) is 0 Å². The number of carbonyl (C=O) groups excluding carboxylic acids is 1. The molecule has 198 valence electrons. The number of methoxy groups -OCH3 is 2. The fourth-order valence-corrected chi connectivity index (χ4v) is 4.80. The van der Waals surface area contributed by atoms with Crippen molar-refractivity contribution in [3.8, 4) is 11.5 Å². The predicted molar refractivity (Wildman–Crippen MR) is 138 cm³/mol. The summed E-state index contributed by atoms with van der Waals surface area (Å²) in [4.78, 5) is 13.4. The maximum Gasteiger partial charge on any atom is 0.306 e. The second kappa shape index (κ2) is 13.2. The number of esters is 1. The Morgan fingerprint density at radius 1 is 0.973 bits per heavy atom. The molecular formula is C28H33NO7S. The van der Waals surface area contributed by atoms with Crippen LogP contribution in [0, 0.1) is 0 Å². The summed E-state index contributed by atoms with van der Waals surface area (Å²) >= 11 is 0. The molecule has 0 fully saturated rings. The van der Waals surface area contributed by atoms with Crippen molar-refractivity contribution in [1.29, 1.82) is 0 Å². The third-order valence-electron chi connectivity index (χ3n) is 6.32. The molecule has 8 nitrogen and oxygen atoms in total. The fraction of sp³-hybridized carbons (Fsp3) is 0.321. The molecule has 1 heterocycles. The fourth-order valence-electron chi connectivity index (χ4n) is 4.31. The lowest BCUT2D eigenvalue weighted by Crippen LogP contribution is -3.10. The van der Waals surface area contributed by atoms with Crippen LogP contribution in [-0.2, 0) is 32.7 Å². The third-order valence-corrected chi connectivity index (χ3v) is 7.17. The van der Waals surface area contributed by atoms with Gasteiger partial charge < -0.3 is 23.7 Å². The van der Waals surface area contributed by atoms with Crippen molar-refractivity contribution in [2.75, 3.05) is 27.8 Å². The number of likely N-dealkylation sites (N-methyl/N-ethyl adjacent to an activating group) is 1. The van der Waals surface area contributed by atoms with Gasteiger partial charge in [-0.2, -0.15) is 0 Å². The summed E-state index contributed by atoms with van der Waals surface area (Å²) < 4.78 is 47.2. The van der Waals surface area contributed by atoms with Crippen molar-refractivity contribution < 1.29 is 36.9 Å². The molecular weight excluding hydrogens is 494 g/mol. The van der Waals surface area contributed by atoms with E-state index in [1.54, 1.807) is 20.3 Å². The maximum atomic E-state index is 12.2. The van der Waals surface area contributed by atoms with Gasteiger partial charge in [0.1, 0.15) is 22.8 Å².